The Labute approximate surface area is 166 Å². The highest BCUT2D eigenvalue weighted by Gasteiger charge is 2.16. The van der Waals surface area contributed by atoms with Crippen LogP contribution in [0.15, 0.2) is 72.9 Å². The summed E-state index contributed by atoms with van der Waals surface area (Å²) in [6, 6.07) is 19.5. The molecule has 0 aliphatic heterocycles. The van der Waals surface area contributed by atoms with E-state index in [-0.39, 0.29) is 5.56 Å². The molecule has 138 valence electrons. The standard InChI is InChI=1S/C23H16ClFN2O/c1-14-5-4-8-20(25)21(14)23(28)27-16-9-10-19(24)18(13-16)22-17-7-3-2-6-15(17)11-12-26-22/h2-13H,1H3,(H,27,28). The van der Waals surface area contributed by atoms with Crippen LogP contribution in [-0.4, -0.2) is 10.9 Å². The van der Waals surface area contributed by atoms with Crippen molar-refractivity contribution in [3.8, 4) is 11.3 Å². The fourth-order valence-corrected chi connectivity index (χ4v) is 3.44. The van der Waals surface area contributed by atoms with E-state index in [2.05, 4.69) is 10.3 Å². The maximum Gasteiger partial charge on any atom is 0.258 e. The van der Waals surface area contributed by atoms with E-state index < -0.39 is 11.7 Å². The number of hydrogen-bond acceptors (Lipinski definition) is 2. The van der Waals surface area contributed by atoms with Crippen molar-refractivity contribution in [2.24, 2.45) is 0 Å². The largest absolute Gasteiger partial charge is 0.322 e. The molecule has 0 aliphatic rings. The number of rotatable bonds is 3. The molecule has 1 heterocycles. The van der Waals surface area contributed by atoms with Crippen LogP contribution in [0.25, 0.3) is 22.0 Å². The van der Waals surface area contributed by atoms with Crippen LogP contribution in [0.1, 0.15) is 15.9 Å². The first-order valence-electron chi connectivity index (χ1n) is 8.75. The van der Waals surface area contributed by atoms with Crippen LogP contribution in [0.4, 0.5) is 10.1 Å². The van der Waals surface area contributed by atoms with Crippen LogP contribution in [0.5, 0.6) is 0 Å². The molecule has 0 fully saturated rings. The second-order valence-electron chi connectivity index (χ2n) is 6.46. The average molecular weight is 391 g/mol. The molecule has 1 amide bonds. The number of halogens is 2. The van der Waals surface area contributed by atoms with Gasteiger partial charge in [0.15, 0.2) is 0 Å². The Bertz CT molecular complexity index is 1180. The first kappa shape index (κ1) is 18.1. The van der Waals surface area contributed by atoms with Crippen LogP contribution in [0.2, 0.25) is 5.02 Å². The number of aromatic nitrogens is 1. The van der Waals surface area contributed by atoms with Gasteiger partial charge in [0.05, 0.1) is 16.3 Å². The Morgan fingerprint density at radius 3 is 2.68 bits per heavy atom. The zero-order chi connectivity index (χ0) is 19.7. The molecule has 0 bridgehead atoms. The number of amides is 1. The third-order valence-electron chi connectivity index (χ3n) is 4.60. The molecule has 28 heavy (non-hydrogen) atoms. The Balaban J connectivity index is 1.75. The molecular weight excluding hydrogens is 375 g/mol. The molecule has 0 spiro atoms. The number of benzene rings is 3. The zero-order valence-electron chi connectivity index (χ0n) is 15.0. The predicted octanol–water partition coefficient (Wildman–Crippen LogP) is 6.26. The van der Waals surface area contributed by atoms with E-state index in [0.717, 1.165) is 16.5 Å². The van der Waals surface area contributed by atoms with Gasteiger partial charge >= 0.3 is 0 Å². The second kappa shape index (κ2) is 7.41. The van der Waals surface area contributed by atoms with Gasteiger partial charge in [-0.25, -0.2) is 4.39 Å². The highest BCUT2D eigenvalue weighted by Crippen LogP contribution is 2.34. The first-order valence-corrected chi connectivity index (χ1v) is 9.12. The minimum absolute atomic E-state index is 0.0299. The minimum atomic E-state index is -0.553. The van der Waals surface area contributed by atoms with Gasteiger partial charge in [0.1, 0.15) is 5.82 Å². The Kier molecular flexibility index (Phi) is 4.80. The lowest BCUT2D eigenvalue weighted by Gasteiger charge is -2.12. The lowest BCUT2D eigenvalue weighted by Crippen LogP contribution is -2.15. The van der Waals surface area contributed by atoms with Crippen LogP contribution in [-0.2, 0) is 0 Å². The molecule has 1 N–H and O–H groups in total. The number of pyridine rings is 1. The number of fused-ring (bicyclic) bond motifs is 1. The van der Waals surface area contributed by atoms with E-state index in [4.69, 9.17) is 11.6 Å². The highest BCUT2D eigenvalue weighted by molar-refractivity contribution is 6.33. The van der Waals surface area contributed by atoms with Crippen molar-refractivity contribution in [1.29, 1.82) is 0 Å². The van der Waals surface area contributed by atoms with Gasteiger partial charge in [0.25, 0.3) is 5.91 Å². The van der Waals surface area contributed by atoms with Crippen molar-refractivity contribution in [1.82, 2.24) is 4.98 Å². The molecule has 3 aromatic carbocycles. The van der Waals surface area contributed by atoms with Gasteiger partial charge in [-0.2, -0.15) is 0 Å². The van der Waals surface area contributed by atoms with Gasteiger partial charge in [-0.15, -0.1) is 0 Å². The van der Waals surface area contributed by atoms with E-state index in [1.54, 1.807) is 43.5 Å². The molecule has 3 nitrogen and oxygen atoms in total. The third kappa shape index (κ3) is 3.35. The van der Waals surface area contributed by atoms with Crippen LogP contribution >= 0.6 is 11.6 Å². The average Bonchev–Trinajstić information content (AvgIpc) is 2.69. The molecule has 0 aliphatic carbocycles. The van der Waals surface area contributed by atoms with Crippen LogP contribution in [0, 0.1) is 12.7 Å². The first-order chi connectivity index (χ1) is 13.5. The van der Waals surface area contributed by atoms with Gasteiger partial charge in [-0.1, -0.05) is 48.0 Å². The molecule has 4 aromatic rings. The van der Waals surface area contributed by atoms with Gasteiger partial charge in [0, 0.05) is 22.8 Å². The molecule has 0 saturated heterocycles. The summed E-state index contributed by atoms with van der Waals surface area (Å²) in [5.41, 5.74) is 2.54. The fraction of sp³-hybridized carbons (Fsp3) is 0.0435. The maximum absolute atomic E-state index is 14.1. The van der Waals surface area contributed by atoms with Gasteiger partial charge in [0.2, 0.25) is 0 Å². The number of aryl methyl sites for hydroxylation is 1. The summed E-state index contributed by atoms with van der Waals surface area (Å²) in [6.45, 7) is 1.70. The SMILES string of the molecule is Cc1cccc(F)c1C(=O)Nc1ccc(Cl)c(-c2nccc3ccccc23)c1. The number of nitrogens with zero attached hydrogens (tertiary/aromatic N) is 1. The molecule has 1 aromatic heterocycles. The van der Waals surface area contributed by atoms with Gasteiger partial charge < -0.3 is 5.32 Å². The quantitative estimate of drug-likeness (QED) is 0.449. The molecule has 0 unspecified atom stereocenters. The zero-order valence-corrected chi connectivity index (χ0v) is 15.8. The monoisotopic (exact) mass is 390 g/mol. The summed E-state index contributed by atoms with van der Waals surface area (Å²) < 4.78 is 14.1. The molecular formula is C23H16ClFN2O. The smallest absolute Gasteiger partial charge is 0.258 e. The maximum atomic E-state index is 14.1. The van der Waals surface area contributed by atoms with E-state index in [1.165, 1.54) is 6.07 Å². The summed E-state index contributed by atoms with van der Waals surface area (Å²) >= 11 is 6.42. The van der Waals surface area contributed by atoms with Crippen LogP contribution < -0.4 is 5.32 Å². The number of carbonyl (C=O) groups is 1. The molecule has 0 radical (unpaired) electrons. The lowest BCUT2D eigenvalue weighted by molar-refractivity contribution is 0.102. The second-order valence-corrected chi connectivity index (χ2v) is 6.87. The number of hydrogen-bond donors (Lipinski definition) is 1. The van der Waals surface area contributed by atoms with Crippen molar-refractivity contribution in [3.63, 3.8) is 0 Å². The Morgan fingerprint density at radius 2 is 1.86 bits per heavy atom. The van der Waals surface area contributed by atoms with Gasteiger partial charge in [-0.05, 0) is 48.2 Å². The van der Waals surface area contributed by atoms with E-state index >= 15 is 0 Å². The molecule has 4 rings (SSSR count). The lowest BCUT2D eigenvalue weighted by atomic mass is 10.0. The summed E-state index contributed by atoms with van der Waals surface area (Å²) in [5.74, 6) is -1.06. The number of carbonyl (C=O) groups excluding carboxylic acids is 1. The fourth-order valence-electron chi connectivity index (χ4n) is 3.23. The molecule has 0 atom stereocenters. The van der Waals surface area contributed by atoms with Crippen molar-refractivity contribution >= 4 is 34.0 Å². The predicted molar refractivity (Wildman–Crippen MR) is 111 cm³/mol. The van der Waals surface area contributed by atoms with Crippen molar-refractivity contribution in [2.75, 3.05) is 5.32 Å². The normalized spacial score (nSPS) is 10.8. The van der Waals surface area contributed by atoms with Gasteiger partial charge in [-0.3, -0.25) is 9.78 Å². The van der Waals surface area contributed by atoms with Crippen molar-refractivity contribution < 1.29 is 9.18 Å². The molecule has 5 heteroatoms. The van der Waals surface area contributed by atoms with Crippen molar-refractivity contribution in [2.45, 2.75) is 6.92 Å². The Morgan fingerprint density at radius 1 is 1.04 bits per heavy atom. The highest BCUT2D eigenvalue weighted by atomic mass is 35.5. The summed E-state index contributed by atoms with van der Waals surface area (Å²) in [4.78, 5) is 17.1. The van der Waals surface area contributed by atoms with E-state index in [0.29, 0.717) is 21.8 Å². The van der Waals surface area contributed by atoms with E-state index in [1.807, 2.05) is 30.3 Å². The third-order valence-corrected chi connectivity index (χ3v) is 4.93. The summed E-state index contributed by atoms with van der Waals surface area (Å²) in [5, 5.41) is 5.28. The minimum Gasteiger partial charge on any atom is -0.322 e. The molecule has 0 saturated carbocycles. The summed E-state index contributed by atoms with van der Waals surface area (Å²) in [7, 11) is 0. The topological polar surface area (TPSA) is 42.0 Å². The van der Waals surface area contributed by atoms with E-state index in [9.17, 15) is 9.18 Å². The Hall–Kier alpha value is -3.24. The van der Waals surface area contributed by atoms with Crippen molar-refractivity contribution in [3.05, 3.63) is 94.9 Å². The number of anilines is 1. The summed E-state index contributed by atoms with van der Waals surface area (Å²) in [6.07, 6.45) is 1.72. The van der Waals surface area contributed by atoms with Crippen LogP contribution in [0.3, 0.4) is 0 Å². The number of nitrogens with one attached hydrogen (secondary N) is 1.